The zero-order valence-corrected chi connectivity index (χ0v) is 13.3. The monoisotopic (exact) mass is 297 g/mol. The number of hydrogen-bond acceptors (Lipinski definition) is 4. The van der Waals surface area contributed by atoms with Gasteiger partial charge in [-0.1, -0.05) is 18.2 Å². The van der Waals surface area contributed by atoms with E-state index in [9.17, 15) is 15.0 Å². The van der Waals surface area contributed by atoms with Crippen LogP contribution in [0.2, 0.25) is 0 Å². The smallest absolute Gasteiger partial charge is 0.340 e. The van der Waals surface area contributed by atoms with Crippen molar-refractivity contribution in [3.05, 3.63) is 24.3 Å². The van der Waals surface area contributed by atoms with Crippen molar-refractivity contribution >= 4 is 5.97 Å². The molecule has 1 fully saturated rings. The van der Waals surface area contributed by atoms with Crippen molar-refractivity contribution in [2.75, 3.05) is 0 Å². The minimum Gasteiger partial charge on any atom is -0.479 e. The Kier molecular flexibility index (Phi) is 5.36. The van der Waals surface area contributed by atoms with Crippen molar-refractivity contribution in [3.63, 3.8) is 0 Å². The summed E-state index contributed by atoms with van der Waals surface area (Å²) in [4.78, 5) is 10.3. The maximum atomic E-state index is 10.3. The first kappa shape index (κ1) is 17.9. The van der Waals surface area contributed by atoms with Gasteiger partial charge in [-0.2, -0.15) is 0 Å². The molecule has 1 aliphatic carbocycles. The highest BCUT2D eigenvalue weighted by atomic mass is 16.4. The second-order valence-electron chi connectivity index (χ2n) is 7.18. The van der Waals surface area contributed by atoms with E-state index < -0.39 is 11.6 Å². The number of aliphatic carboxylic acids is 1. The second-order valence-corrected chi connectivity index (χ2v) is 7.18. The van der Waals surface area contributed by atoms with E-state index in [1.807, 2.05) is 0 Å². The third-order valence-corrected chi connectivity index (χ3v) is 3.59. The molecule has 4 N–H and O–H groups in total. The first-order valence-corrected chi connectivity index (χ1v) is 7.23. The van der Waals surface area contributed by atoms with Crippen LogP contribution in [0.1, 0.15) is 47.0 Å². The highest BCUT2D eigenvalue weighted by Crippen LogP contribution is 2.28. The molecule has 1 atom stereocenters. The van der Waals surface area contributed by atoms with Gasteiger partial charge in [0.05, 0.1) is 6.10 Å². The van der Waals surface area contributed by atoms with Gasteiger partial charge in [0.2, 0.25) is 0 Å². The van der Waals surface area contributed by atoms with E-state index in [1.165, 1.54) is 12.2 Å². The van der Waals surface area contributed by atoms with Crippen molar-refractivity contribution < 1.29 is 20.1 Å². The van der Waals surface area contributed by atoms with Crippen molar-refractivity contribution in [2.45, 2.75) is 69.7 Å². The number of rotatable bonds is 1. The minimum atomic E-state index is -1.67. The number of nitrogens with one attached hydrogen (secondary N) is 1. The van der Waals surface area contributed by atoms with Crippen LogP contribution < -0.4 is 5.32 Å². The van der Waals surface area contributed by atoms with Gasteiger partial charge < -0.3 is 20.6 Å². The zero-order chi connectivity index (χ0) is 16.3. The molecule has 5 heteroatoms. The maximum absolute atomic E-state index is 10.3. The summed E-state index contributed by atoms with van der Waals surface area (Å²) >= 11 is 0. The first-order chi connectivity index (χ1) is 9.46. The standard InChI is InChI=1S/C9H19NO.C7H8O3/c1-8(2)5-7(11)6-9(3,4)10-8;8-6(9)7(10)4-2-1-3-5-7/h7,10-11H,5-6H2,1-4H3;1-4,10H,5H2,(H,8,9). The second kappa shape index (κ2) is 6.30. The van der Waals surface area contributed by atoms with E-state index in [1.54, 1.807) is 12.2 Å². The average molecular weight is 297 g/mol. The molecule has 0 aromatic carbocycles. The Morgan fingerprint density at radius 2 is 1.67 bits per heavy atom. The molecule has 1 saturated heterocycles. The highest BCUT2D eigenvalue weighted by Gasteiger charge is 2.36. The molecule has 1 heterocycles. The molecule has 0 aromatic heterocycles. The molecule has 120 valence electrons. The van der Waals surface area contributed by atoms with Crippen LogP contribution in [-0.4, -0.2) is 44.1 Å². The Bertz CT molecular complexity index is 424. The van der Waals surface area contributed by atoms with Crippen LogP contribution in [0.5, 0.6) is 0 Å². The maximum Gasteiger partial charge on any atom is 0.340 e. The normalized spacial score (nSPS) is 30.4. The van der Waals surface area contributed by atoms with Crippen molar-refractivity contribution in [3.8, 4) is 0 Å². The van der Waals surface area contributed by atoms with Crippen LogP contribution in [0.25, 0.3) is 0 Å². The Labute approximate surface area is 126 Å². The molecule has 21 heavy (non-hydrogen) atoms. The lowest BCUT2D eigenvalue weighted by Crippen LogP contribution is -2.59. The van der Waals surface area contributed by atoms with Gasteiger partial charge in [-0.25, -0.2) is 4.79 Å². The average Bonchev–Trinajstić information content (AvgIpc) is 2.25. The molecule has 0 amide bonds. The fourth-order valence-electron chi connectivity index (χ4n) is 3.04. The number of carboxylic acids is 1. The molecule has 2 rings (SSSR count). The molecule has 0 saturated carbocycles. The van der Waals surface area contributed by atoms with Gasteiger partial charge in [0.15, 0.2) is 5.60 Å². The molecule has 2 aliphatic rings. The molecule has 0 aromatic rings. The molecule has 1 unspecified atom stereocenters. The predicted octanol–water partition coefficient (Wildman–Crippen LogP) is 1.61. The van der Waals surface area contributed by atoms with E-state index in [4.69, 9.17) is 5.11 Å². The van der Waals surface area contributed by atoms with Crippen LogP contribution in [0.15, 0.2) is 24.3 Å². The number of carboxylic acid groups (broad SMARTS) is 1. The van der Waals surface area contributed by atoms with Crippen LogP contribution in [0.3, 0.4) is 0 Å². The lowest BCUT2D eigenvalue weighted by Gasteiger charge is -2.44. The molecular formula is C16H27NO4. The summed E-state index contributed by atoms with van der Waals surface area (Å²) in [6, 6.07) is 0. The molecule has 0 radical (unpaired) electrons. The summed E-state index contributed by atoms with van der Waals surface area (Å²) in [7, 11) is 0. The minimum absolute atomic E-state index is 0.0845. The van der Waals surface area contributed by atoms with Crippen LogP contribution in [0.4, 0.5) is 0 Å². The van der Waals surface area contributed by atoms with Crippen molar-refractivity contribution in [1.29, 1.82) is 0 Å². The quantitative estimate of drug-likeness (QED) is 0.590. The fourth-order valence-corrected chi connectivity index (χ4v) is 3.04. The van der Waals surface area contributed by atoms with E-state index in [2.05, 4.69) is 33.0 Å². The van der Waals surface area contributed by atoms with E-state index in [0.717, 1.165) is 12.8 Å². The molecule has 0 spiro atoms. The van der Waals surface area contributed by atoms with Gasteiger partial charge >= 0.3 is 5.97 Å². The Balaban J connectivity index is 0.000000211. The number of hydrogen-bond donors (Lipinski definition) is 4. The highest BCUT2D eigenvalue weighted by molar-refractivity contribution is 5.80. The van der Waals surface area contributed by atoms with Crippen LogP contribution in [-0.2, 0) is 4.79 Å². The summed E-state index contributed by atoms with van der Waals surface area (Å²) in [6.07, 6.45) is 7.85. The Hall–Kier alpha value is -1.17. The first-order valence-electron chi connectivity index (χ1n) is 7.23. The van der Waals surface area contributed by atoms with E-state index >= 15 is 0 Å². The number of aliphatic hydroxyl groups excluding tert-OH is 1. The SMILES string of the molecule is CC1(C)CC(O)CC(C)(C)N1.O=C(O)C1(O)C=CC=CC1. The summed E-state index contributed by atoms with van der Waals surface area (Å²) in [5, 5.41) is 30.7. The lowest BCUT2D eigenvalue weighted by molar-refractivity contribution is -0.153. The third-order valence-electron chi connectivity index (χ3n) is 3.59. The van der Waals surface area contributed by atoms with E-state index in [-0.39, 0.29) is 23.6 Å². The van der Waals surface area contributed by atoms with Gasteiger partial charge in [-0.05, 0) is 46.6 Å². The molecular weight excluding hydrogens is 270 g/mol. The third kappa shape index (κ3) is 5.61. The topological polar surface area (TPSA) is 89.8 Å². The number of piperidine rings is 1. The lowest BCUT2D eigenvalue weighted by atomic mass is 9.81. The largest absolute Gasteiger partial charge is 0.479 e. The van der Waals surface area contributed by atoms with Crippen LogP contribution >= 0.6 is 0 Å². The van der Waals surface area contributed by atoms with Crippen molar-refractivity contribution in [1.82, 2.24) is 5.32 Å². The molecule has 1 aliphatic heterocycles. The Morgan fingerprint density at radius 1 is 1.14 bits per heavy atom. The van der Waals surface area contributed by atoms with Gasteiger partial charge in [0.1, 0.15) is 0 Å². The Morgan fingerprint density at radius 3 is 1.95 bits per heavy atom. The summed E-state index contributed by atoms with van der Waals surface area (Å²) in [6.45, 7) is 8.54. The summed E-state index contributed by atoms with van der Waals surface area (Å²) in [5.41, 5.74) is -1.50. The van der Waals surface area contributed by atoms with Gasteiger partial charge in [-0.3, -0.25) is 0 Å². The predicted molar refractivity (Wildman–Crippen MR) is 82.0 cm³/mol. The molecule has 5 nitrogen and oxygen atoms in total. The van der Waals surface area contributed by atoms with E-state index in [0.29, 0.717) is 0 Å². The van der Waals surface area contributed by atoms with Crippen molar-refractivity contribution in [2.24, 2.45) is 0 Å². The fraction of sp³-hybridized carbons (Fsp3) is 0.688. The zero-order valence-electron chi connectivity index (χ0n) is 13.3. The van der Waals surface area contributed by atoms with Gasteiger partial charge in [0, 0.05) is 17.5 Å². The van der Waals surface area contributed by atoms with Gasteiger partial charge in [0.25, 0.3) is 0 Å². The van der Waals surface area contributed by atoms with Gasteiger partial charge in [-0.15, -0.1) is 0 Å². The number of aliphatic hydroxyl groups is 2. The number of carbonyl (C=O) groups is 1. The summed E-state index contributed by atoms with van der Waals surface area (Å²) < 4.78 is 0. The summed E-state index contributed by atoms with van der Waals surface area (Å²) in [5.74, 6) is -1.20. The number of allylic oxidation sites excluding steroid dienone is 2. The molecule has 0 bridgehead atoms. The van der Waals surface area contributed by atoms with Crippen LogP contribution in [0, 0.1) is 0 Å².